The third-order valence-corrected chi connectivity index (χ3v) is 6.54. The number of hydrogen-bond acceptors (Lipinski definition) is 3. The van der Waals surface area contributed by atoms with Crippen molar-refractivity contribution < 1.29 is 15.0 Å². The topological polar surface area (TPSA) is 60.4 Å². The highest BCUT2D eigenvalue weighted by Crippen LogP contribution is 2.64. The maximum Gasteiger partial charge on any atom is 0.0698 e. The second-order valence-corrected chi connectivity index (χ2v) is 8.00. The van der Waals surface area contributed by atoms with Crippen molar-refractivity contribution in [1.82, 2.24) is 0 Å². The Kier molecular flexibility index (Phi) is 5.06. The van der Waals surface area contributed by atoms with Gasteiger partial charge in [-0.15, -0.1) is 0 Å². The summed E-state index contributed by atoms with van der Waals surface area (Å²) in [5, 5.41) is 20.5. The maximum atomic E-state index is 11.0. The fourth-order valence-corrected chi connectivity index (χ4v) is 5.68. The summed E-state index contributed by atoms with van der Waals surface area (Å²) in [6.45, 7) is 8.84. The van der Waals surface area contributed by atoms with Gasteiger partial charge in [-0.2, -0.15) is 0 Å². The molecule has 0 aromatic heterocycles. The van der Waals surface area contributed by atoms with E-state index in [0.717, 1.165) is 30.6 Å². The Morgan fingerprint density at radius 1 is 1.14 bits per heavy atom. The molecule has 4 saturated carbocycles. The van der Waals surface area contributed by atoms with E-state index in [2.05, 4.69) is 20.4 Å². The number of carbonyl (C=O) groups is 1. The van der Waals surface area contributed by atoms with Crippen molar-refractivity contribution in [3.8, 4) is 0 Å². The van der Waals surface area contributed by atoms with Crippen LogP contribution in [0.4, 0.5) is 0 Å². The van der Waals surface area contributed by atoms with E-state index in [-0.39, 0.29) is 11.2 Å². The minimum absolute atomic E-state index is 0.0648. The lowest BCUT2D eigenvalue weighted by Crippen LogP contribution is -2.57. The van der Waals surface area contributed by atoms with Gasteiger partial charge in [0, 0.05) is 0 Å². The van der Waals surface area contributed by atoms with Crippen molar-refractivity contribution >= 4 is 5.97 Å². The van der Waals surface area contributed by atoms with Gasteiger partial charge in [-0.25, -0.2) is 0 Å². The second-order valence-electron chi connectivity index (χ2n) is 8.00. The smallest absolute Gasteiger partial charge is 0.0698 e. The van der Waals surface area contributed by atoms with Gasteiger partial charge in [0.15, 0.2) is 0 Å². The lowest BCUT2D eigenvalue weighted by Gasteiger charge is -2.62. The molecule has 1 N–H and O–H groups in total. The van der Waals surface area contributed by atoms with E-state index >= 15 is 0 Å². The quantitative estimate of drug-likeness (QED) is 0.812. The van der Waals surface area contributed by atoms with Crippen LogP contribution in [0.1, 0.15) is 72.1 Å². The number of hydrogen-bond donors (Lipinski definition) is 1. The Morgan fingerprint density at radius 2 is 1.45 bits per heavy atom. The molecule has 0 aromatic carbocycles. The summed E-state index contributed by atoms with van der Waals surface area (Å²) in [7, 11) is 0. The monoisotopic (exact) mass is 307 g/mol. The molecule has 0 aromatic rings. The van der Waals surface area contributed by atoms with Crippen LogP contribution in [0.5, 0.6) is 0 Å². The lowest BCUT2D eigenvalue weighted by molar-refractivity contribution is -0.299. The summed E-state index contributed by atoms with van der Waals surface area (Å²) in [5.74, 6) is 1.68. The van der Waals surface area contributed by atoms with Gasteiger partial charge < -0.3 is 15.0 Å². The van der Waals surface area contributed by atoms with Crippen LogP contribution in [0.3, 0.4) is 0 Å². The number of rotatable bonds is 4. The Labute approximate surface area is 134 Å². The van der Waals surface area contributed by atoms with Crippen LogP contribution in [0, 0.1) is 23.2 Å². The van der Waals surface area contributed by atoms with Crippen molar-refractivity contribution in [2.24, 2.45) is 23.2 Å². The van der Waals surface area contributed by atoms with Crippen LogP contribution in [-0.2, 0) is 4.79 Å². The molecule has 0 amide bonds. The molecule has 4 rings (SSSR count). The van der Waals surface area contributed by atoms with Crippen LogP contribution in [0.15, 0.2) is 12.2 Å². The first-order valence-corrected chi connectivity index (χ1v) is 8.84. The third kappa shape index (κ3) is 3.10. The van der Waals surface area contributed by atoms with Gasteiger partial charge in [-0.05, 0) is 87.0 Å². The van der Waals surface area contributed by atoms with Crippen LogP contribution in [0.25, 0.3) is 0 Å². The molecule has 126 valence electrons. The lowest BCUT2D eigenvalue weighted by atomic mass is 9.44. The standard InChI is InChI=1S/C15H26O.C4H6O2/c1-3-15(16,4-2)14-8-11-5-12(9-14)7-13(6-11)10-14;1-3(2)4(5)6/h11-13,16H,3-10H2,1-2H3;1H2,2H3,(H,5,6)/p-1. The summed E-state index contributed by atoms with van der Waals surface area (Å²) in [6, 6.07) is 0. The van der Waals surface area contributed by atoms with Gasteiger partial charge in [0.2, 0.25) is 0 Å². The van der Waals surface area contributed by atoms with E-state index in [1.54, 1.807) is 0 Å². The number of carbonyl (C=O) groups excluding carboxylic acids is 1. The van der Waals surface area contributed by atoms with E-state index in [9.17, 15) is 15.0 Å². The molecule has 4 bridgehead atoms. The molecule has 0 heterocycles. The van der Waals surface area contributed by atoms with Crippen LogP contribution < -0.4 is 5.11 Å². The van der Waals surface area contributed by atoms with Crippen LogP contribution >= 0.6 is 0 Å². The van der Waals surface area contributed by atoms with Crippen molar-refractivity contribution in [3.63, 3.8) is 0 Å². The summed E-state index contributed by atoms with van der Waals surface area (Å²) < 4.78 is 0. The predicted octanol–water partition coefficient (Wildman–Crippen LogP) is 3.07. The van der Waals surface area contributed by atoms with Crippen molar-refractivity contribution in [3.05, 3.63) is 12.2 Å². The van der Waals surface area contributed by atoms with Gasteiger partial charge in [0.1, 0.15) is 0 Å². The zero-order chi connectivity index (χ0) is 16.5. The zero-order valence-corrected chi connectivity index (χ0v) is 14.4. The molecular formula is C19H31O3-. The number of aliphatic hydroxyl groups is 1. The molecule has 22 heavy (non-hydrogen) atoms. The Hall–Kier alpha value is -0.830. The average Bonchev–Trinajstić information content (AvgIpc) is 2.45. The summed E-state index contributed by atoms with van der Waals surface area (Å²) in [6.07, 6.45) is 10.3. The minimum Gasteiger partial charge on any atom is -0.545 e. The SMILES string of the molecule is C=C(C)C(=O)[O-].CCC(O)(CC)C12CC3CC(CC(C3)C1)C2. The van der Waals surface area contributed by atoms with Gasteiger partial charge in [0.05, 0.1) is 11.6 Å². The van der Waals surface area contributed by atoms with Crippen molar-refractivity contribution in [2.75, 3.05) is 0 Å². The largest absolute Gasteiger partial charge is 0.545 e. The third-order valence-electron chi connectivity index (χ3n) is 6.54. The van der Waals surface area contributed by atoms with E-state index in [1.165, 1.54) is 45.4 Å². The highest BCUT2D eigenvalue weighted by molar-refractivity contribution is 5.82. The molecule has 3 nitrogen and oxygen atoms in total. The van der Waals surface area contributed by atoms with Gasteiger partial charge in [-0.3, -0.25) is 0 Å². The van der Waals surface area contributed by atoms with Crippen LogP contribution in [-0.4, -0.2) is 16.7 Å². The van der Waals surface area contributed by atoms with Gasteiger partial charge >= 0.3 is 0 Å². The molecule has 3 heteroatoms. The molecular weight excluding hydrogens is 276 g/mol. The second kappa shape index (κ2) is 6.35. The summed E-state index contributed by atoms with van der Waals surface area (Å²) >= 11 is 0. The molecule has 0 saturated heterocycles. The summed E-state index contributed by atoms with van der Waals surface area (Å²) in [4.78, 5) is 9.49. The first kappa shape index (κ1) is 17.5. The molecule has 4 aliphatic carbocycles. The molecule has 0 radical (unpaired) electrons. The normalized spacial score (nSPS) is 35.7. The van der Waals surface area contributed by atoms with E-state index < -0.39 is 5.97 Å². The van der Waals surface area contributed by atoms with E-state index in [4.69, 9.17) is 0 Å². The van der Waals surface area contributed by atoms with Crippen molar-refractivity contribution in [1.29, 1.82) is 0 Å². The van der Waals surface area contributed by atoms with Crippen molar-refractivity contribution in [2.45, 2.75) is 77.7 Å². The van der Waals surface area contributed by atoms with Gasteiger partial charge in [0.25, 0.3) is 0 Å². The highest BCUT2D eigenvalue weighted by atomic mass is 16.4. The molecule has 0 unspecified atom stereocenters. The Morgan fingerprint density at radius 3 is 1.68 bits per heavy atom. The van der Waals surface area contributed by atoms with E-state index in [1.807, 2.05) is 0 Å². The molecule has 4 aliphatic rings. The number of carboxylic acids is 1. The Bertz CT molecular complexity index is 387. The first-order chi connectivity index (χ1) is 10.2. The minimum atomic E-state index is -1.19. The average molecular weight is 307 g/mol. The fourth-order valence-electron chi connectivity index (χ4n) is 5.68. The zero-order valence-electron chi connectivity index (χ0n) is 14.4. The number of aliphatic carboxylic acids is 1. The molecule has 0 aliphatic heterocycles. The van der Waals surface area contributed by atoms with E-state index in [0.29, 0.717) is 5.41 Å². The van der Waals surface area contributed by atoms with Gasteiger partial charge in [-0.1, -0.05) is 20.4 Å². The highest BCUT2D eigenvalue weighted by Gasteiger charge is 2.58. The predicted molar refractivity (Wildman–Crippen MR) is 86.0 cm³/mol. The number of carboxylic acid groups (broad SMARTS) is 1. The van der Waals surface area contributed by atoms with Crippen LogP contribution in [0.2, 0.25) is 0 Å². The molecule has 4 fully saturated rings. The summed E-state index contributed by atoms with van der Waals surface area (Å²) in [5.41, 5.74) is 0.0175. The fraction of sp³-hybridized carbons (Fsp3) is 0.842. The Balaban J connectivity index is 0.000000254. The first-order valence-electron chi connectivity index (χ1n) is 8.84. The molecule has 0 spiro atoms. The molecule has 0 atom stereocenters. The maximum absolute atomic E-state index is 11.0.